The van der Waals surface area contributed by atoms with Crippen LogP contribution in [-0.2, 0) is 13.1 Å². The van der Waals surface area contributed by atoms with Gasteiger partial charge < -0.3 is 9.52 Å². The van der Waals surface area contributed by atoms with Gasteiger partial charge in [0.25, 0.3) is 5.69 Å². The molecule has 124 valence electrons. The number of aliphatic hydroxyl groups is 1. The van der Waals surface area contributed by atoms with Crippen LogP contribution in [0, 0.1) is 10.1 Å². The van der Waals surface area contributed by atoms with Crippen LogP contribution < -0.4 is 0 Å². The lowest BCUT2D eigenvalue weighted by Crippen LogP contribution is -2.26. The van der Waals surface area contributed by atoms with E-state index in [1.165, 1.54) is 12.1 Å². The molecule has 0 saturated heterocycles. The predicted octanol–water partition coefficient (Wildman–Crippen LogP) is 2.13. The van der Waals surface area contributed by atoms with Gasteiger partial charge in [0, 0.05) is 37.6 Å². The quantitative estimate of drug-likeness (QED) is 0.523. The minimum Gasteiger partial charge on any atom is -0.439 e. The van der Waals surface area contributed by atoms with Gasteiger partial charge in [0.1, 0.15) is 5.52 Å². The molecule has 0 amide bonds. The van der Waals surface area contributed by atoms with Gasteiger partial charge in [0.2, 0.25) is 5.89 Å². The third-order valence-corrected chi connectivity index (χ3v) is 3.53. The fourth-order valence-electron chi connectivity index (χ4n) is 2.44. The maximum absolute atomic E-state index is 10.8. The zero-order chi connectivity index (χ0) is 16.9. The molecule has 0 unspecified atom stereocenters. The smallest absolute Gasteiger partial charge is 0.271 e. The van der Waals surface area contributed by atoms with Crippen LogP contribution in [0.5, 0.6) is 0 Å². The largest absolute Gasteiger partial charge is 0.439 e. The van der Waals surface area contributed by atoms with Gasteiger partial charge in [-0.05, 0) is 17.7 Å². The summed E-state index contributed by atoms with van der Waals surface area (Å²) in [7, 11) is 0. The van der Waals surface area contributed by atoms with Crippen molar-refractivity contribution in [2.45, 2.75) is 13.1 Å². The van der Waals surface area contributed by atoms with Crippen molar-refractivity contribution in [1.82, 2.24) is 14.9 Å². The Balaban J connectivity index is 1.79. The first-order valence-electron chi connectivity index (χ1n) is 7.41. The molecule has 0 fully saturated rings. The van der Waals surface area contributed by atoms with Crippen molar-refractivity contribution in [2.24, 2.45) is 0 Å². The van der Waals surface area contributed by atoms with E-state index in [0.717, 1.165) is 5.56 Å². The highest BCUT2D eigenvalue weighted by molar-refractivity contribution is 5.75. The Kier molecular flexibility index (Phi) is 4.78. The molecule has 1 aromatic carbocycles. The first kappa shape index (κ1) is 16.0. The molecule has 0 bridgehead atoms. The average Bonchev–Trinajstić information content (AvgIpc) is 2.97. The maximum atomic E-state index is 10.8. The number of fused-ring (bicyclic) bond motifs is 1. The molecular formula is C16H16N4O4. The van der Waals surface area contributed by atoms with Crippen LogP contribution >= 0.6 is 0 Å². The van der Waals surface area contributed by atoms with Crippen LogP contribution in [-0.4, -0.2) is 38.0 Å². The van der Waals surface area contributed by atoms with Crippen LogP contribution in [0.25, 0.3) is 11.1 Å². The summed E-state index contributed by atoms with van der Waals surface area (Å²) in [5.41, 5.74) is 1.94. The first-order valence-corrected chi connectivity index (χ1v) is 7.41. The highest BCUT2D eigenvalue weighted by atomic mass is 16.6. The van der Waals surface area contributed by atoms with Crippen molar-refractivity contribution in [3.8, 4) is 0 Å². The average molecular weight is 328 g/mol. The number of rotatable bonds is 7. The van der Waals surface area contributed by atoms with Crippen molar-refractivity contribution in [3.63, 3.8) is 0 Å². The van der Waals surface area contributed by atoms with E-state index in [2.05, 4.69) is 9.97 Å². The molecule has 0 aliphatic heterocycles. The van der Waals surface area contributed by atoms with E-state index in [-0.39, 0.29) is 12.3 Å². The summed E-state index contributed by atoms with van der Waals surface area (Å²) in [5.74, 6) is 0.447. The third kappa shape index (κ3) is 3.73. The number of oxazole rings is 1. The molecule has 0 aliphatic carbocycles. The lowest BCUT2D eigenvalue weighted by molar-refractivity contribution is -0.384. The molecule has 0 aliphatic rings. The molecular weight excluding hydrogens is 312 g/mol. The van der Waals surface area contributed by atoms with Gasteiger partial charge in [-0.25, -0.2) is 4.98 Å². The van der Waals surface area contributed by atoms with Crippen LogP contribution in [0.4, 0.5) is 5.69 Å². The number of benzene rings is 1. The van der Waals surface area contributed by atoms with Crippen molar-refractivity contribution >= 4 is 16.8 Å². The molecule has 0 radical (unpaired) electrons. The SMILES string of the molecule is O=[N+]([O-])c1ccc2oc(CN(CCO)Cc3cccnc3)nc2c1. The number of aliphatic hydroxyl groups excluding tert-OH is 1. The number of non-ortho nitro benzene ring substituents is 1. The molecule has 0 saturated carbocycles. The van der Waals surface area contributed by atoms with Crippen LogP contribution in [0.3, 0.4) is 0 Å². The molecule has 1 N–H and O–H groups in total. The van der Waals surface area contributed by atoms with E-state index in [1.807, 2.05) is 17.0 Å². The molecule has 2 heterocycles. The Hall–Kier alpha value is -2.84. The first-order chi connectivity index (χ1) is 11.7. The van der Waals surface area contributed by atoms with E-state index in [1.54, 1.807) is 18.5 Å². The Morgan fingerprint density at radius 2 is 2.17 bits per heavy atom. The maximum Gasteiger partial charge on any atom is 0.271 e. The van der Waals surface area contributed by atoms with Gasteiger partial charge in [0.05, 0.1) is 18.1 Å². The Morgan fingerprint density at radius 3 is 2.88 bits per heavy atom. The van der Waals surface area contributed by atoms with E-state index in [0.29, 0.717) is 36.6 Å². The van der Waals surface area contributed by atoms with Gasteiger partial charge in [-0.15, -0.1) is 0 Å². The number of aromatic nitrogens is 2. The summed E-state index contributed by atoms with van der Waals surface area (Å²) in [5, 5.41) is 20.1. The topological polar surface area (TPSA) is 106 Å². The molecule has 0 atom stereocenters. The third-order valence-electron chi connectivity index (χ3n) is 3.53. The predicted molar refractivity (Wildman–Crippen MR) is 86.1 cm³/mol. The molecule has 24 heavy (non-hydrogen) atoms. The van der Waals surface area contributed by atoms with Crippen LogP contribution in [0.1, 0.15) is 11.5 Å². The summed E-state index contributed by atoms with van der Waals surface area (Å²) >= 11 is 0. The second kappa shape index (κ2) is 7.16. The summed E-state index contributed by atoms with van der Waals surface area (Å²) < 4.78 is 5.64. The number of nitrogens with zero attached hydrogens (tertiary/aromatic N) is 4. The van der Waals surface area contributed by atoms with Gasteiger partial charge >= 0.3 is 0 Å². The van der Waals surface area contributed by atoms with E-state index in [9.17, 15) is 15.2 Å². The molecule has 8 nitrogen and oxygen atoms in total. The molecule has 2 aromatic heterocycles. The minimum atomic E-state index is -0.464. The Labute approximate surface area is 137 Å². The molecule has 3 aromatic rings. The highest BCUT2D eigenvalue weighted by Gasteiger charge is 2.14. The van der Waals surface area contributed by atoms with E-state index in [4.69, 9.17) is 4.42 Å². The Bertz CT molecular complexity index is 834. The number of hydrogen-bond acceptors (Lipinski definition) is 7. The van der Waals surface area contributed by atoms with Crippen LogP contribution in [0.15, 0.2) is 47.1 Å². The van der Waals surface area contributed by atoms with E-state index >= 15 is 0 Å². The van der Waals surface area contributed by atoms with Crippen molar-refractivity contribution in [3.05, 3.63) is 64.3 Å². The monoisotopic (exact) mass is 328 g/mol. The summed E-state index contributed by atoms with van der Waals surface area (Å²) in [6.07, 6.45) is 3.47. The zero-order valence-corrected chi connectivity index (χ0v) is 12.8. The van der Waals surface area contributed by atoms with Gasteiger partial charge in [-0.2, -0.15) is 0 Å². The van der Waals surface area contributed by atoms with E-state index < -0.39 is 4.92 Å². The molecule has 8 heteroatoms. The number of hydrogen-bond donors (Lipinski definition) is 1. The summed E-state index contributed by atoms with van der Waals surface area (Å²) in [6, 6.07) is 8.12. The van der Waals surface area contributed by atoms with Gasteiger partial charge in [-0.1, -0.05) is 6.07 Å². The van der Waals surface area contributed by atoms with Crippen molar-refractivity contribution in [2.75, 3.05) is 13.2 Å². The normalized spacial score (nSPS) is 11.2. The molecule has 0 spiro atoms. The second-order valence-corrected chi connectivity index (χ2v) is 5.31. The number of pyridine rings is 1. The summed E-state index contributed by atoms with van der Waals surface area (Å²) in [4.78, 5) is 20.7. The minimum absolute atomic E-state index is 0.00592. The summed E-state index contributed by atoms with van der Waals surface area (Å²) in [6.45, 7) is 1.44. The number of nitro groups is 1. The fourth-order valence-corrected chi connectivity index (χ4v) is 2.44. The van der Waals surface area contributed by atoms with Crippen molar-refractivity contribution in [1.29, 1.82) is 0 Å². The number of nitro benzene ring substituents is 1. The second-order valence-electron chi connectivity index (χ2n) is 5.31. The van der Waals surface area contributed by atoms with Gasteiger partial charge in [-0.3, -0.25) is 20.0 Å². The highest BCUT2D eigenvalue weighted by Crippen LogP contribution is 2.22. The van der Waals surface area contributed by atoms with Gasteiger partial charge in [0.15, 0.2) is 5.58 Å². The Morgan fingerprint density at radius 1 is 1.29 bits per heavy atom. The lowest BCUT2D eigenvalue weighted by atomic mass is 10.2. The standard InChI is InChI=1S/C16H16N4O4/c21-7-6-19(10-12-2-1-5-17-9-12)11-16-18-14-8-13(20(22)23)3-4-15(14)24-16/h1-5,8-9,21H,6-7,10-11H2. The van der Waals surface area contributed by atoms with Crippen molar-refractivity contribution < 1.29 is 14.4 Å². The fraction of sp³-hybridized carbons (Fsp3) is 0.250. The molecule has 3 rings (SSSR count). The lowest BCUT2D eigenvalue weighted by Gasteiger charge is -2.19. The zero-order valence-electron chi connectivity index (χ0n) is 12.8. The van der Waals surface area contributed by atoms with Crippen LogP contribution in [0.2, 0.25) is 0 Å².